The van der Waals surface area contributed by atoms with Gasteiger partial charge in [-0.15, -0.1) is 0 Å². The lowest BCUT2D eigenvalue weighted by Crippen LogP contribution is -2.28. The minimum absolute atomic E-state index is 0.0143. The van der Waals surface area contributed by atoms with Crippen molar-refractivity contribution in [2.75, 3.05) is 6.54 Å². The van der Waals surface area contributed by atoms with Crippen molar-refractivity contribution in [2.24, 2.45) is 0 Å². The van der Waals surface area contributed by atoms with Crippen LogP contribution >= 0.6 is 0 Å². The number of halogens is 1. The summed E-state index contributed by atoms with van der Waals surface area (Å²) in [6, 6.07) is 14.3. The lowest BCUT2D eigenvalue weighted by Gasteiger charge is -2.20. The number of carbonyl (C=O) groups is 1. The van der Waals surface area contributed by atoms with Crippen molar-refractivity contribution in [1.29, 1.82) is 0 Å². The molecule has 3 aliphatic rings. The molecule has 33 heavy (non-hydrogen) atoms. The molecule has 2 unspecified atom stereocenters. The van der Waals surface area contributed by atoms with E-state index in [1.165, 1.54) is 17.7 Å². The van der Waals surface area contributed by atoms with Gasteiger partial charge in [-0.3, -0.25) is 4.79 Å². The highest BCUT2D eigenvalue weighted by Crippen LogP contribution is 2.67. The van der Waals surface area contributed by atoms with E-state index in [1.54, 1.807) is 12.1 Å². The van der Waals surface area contributed by atoms with E-state index in [0.717, 1.165) is 60.2 Å². The first-order valence-electron chi connectivity index (χ1n) is 11.7. The summed E-state index contributed by atoms with van der Waals surface area (Å²) < 4.78 is 21.8. The quantitative estimate of drug-likeness (QED) is 0.565. The van der Waals surface area contributed by atoms with Crippen LogP contribution in [0.1, 0.15) is 53.4 Å². The predicted molar refractivity (Wildman–Crippen MR) is 124 cm³/mol. The lowest BCUT2D eigenvalue weighted by atomic mass is 9.80. The topological polar surface area (TPSA) is 59.5 Å². The van der Waals surface area contributed by atoms with Crippen LogP contribution in [0.15, 0.2) is 60.3 Å². The lowest BCUT2D eigenvalue weighted by molar-refractivity contribution is 0.0954. The maximum Gasteiger partial charge on any atom is 0.251 e. The van der Waals surface area contributed by atoms with Crippen LogP contribution in [0.25, 0.3) is 11.8 Å². The highest BCUT2D eigenvalue weighted by molar-refractivity contribution is 5.95. The van der Waals surface area contributed by atoms with Crippen molar-refractivity contribution < 1.29 is 13.9 Å². The summed E-state index contributed by atoms with van der Waals surface area (Å²) in [6.45, 7) is 2.55. The summed E-state index contributed by atoms with van der Waals surface area (Å²) in [6.07, 6.45) is 8.66. The number of fused-ring (bicyclic) bond motifs is 1. The van der Waals surface area contributed by atoms with E-state index in [4.69, 9.17) is 4.74 Å². The molecule has 1 amide bonds. The number of nitrogens with one attached hydrogen (secondary N) is 1. The zero-order chi connectivity index (χ0) is 22.6. The molecule has 2 heterocycles. The van der Waals surface area contributed by atoms with Crippen molar-refractivity contribution in [3.63, 3.8) is 0 Å². The van der Waals surface area contributed by atoms with E-state index < -0.39 is 0 Å². The molecular formula is C27H26FN3O2. The maximum atomic E-state index is 13.4. The monoisotopic (exact) mass is 443 g/mol. The van der Waals surface area contributed by atoms with Gasteiger partial charge in [-0.1, -0.05) is 18.2 Å². The van der Waals surface area contributed by atoms with Crippen LogP contribution < -0.4 is 5.32 Å². The molecule has 2 aromatic carbocycles. The number of epoxide rings is 1. The Morgan fingerprint density at radius 2 is 2.03 bits per heavy atom. The number of rotatable bonds is 6. The van der Waals surface area contributed by atoms with E-state index in [0.29, 0.717) is 6.54 Å². The van der Waals surface area contributed by atoms with Gasteiger partial charge in [-0.05, 0) is 80.2 Å². The SMILES string of the molecule is CCNC(=O)c1ccccc1CCC12CCC3=Cc4c(cnn4-c4ccc(F)cc4)CC31O2. The summed E-state index contributed by atoms with van der Waals surface area (Å²) in [7, 11) is 0. The largest absolute Gasteiger partial charge is 0.357 e. The minimum Gasteiger partial charge on any atom is -0.357 e. The number of ether oxygens (including phenoxy) is 1. The fourth-order valence-electron chi connectivity index (χ4n) is 5.79. The molecule has 1 aliphatic heterocycles. The Kier molecular flexibility index (Phi) is 4.56. The highest BCUT2D eigenvalue weighted by atomic mass is 19.1. The van der Waals surface area contributed by atoms with E-state index in [2.05, 4.69) is 16.5 Å². The first-order chi connectivity index (χ1) is 16.1. The number of benzene rings is 2. The number of hydrogen-bond acceptors (Lipinski definition) is 3. The Labute approximate surface area is 192 Å². The van der Waals surface area contributed by atoms with Gasteiger partial charge in [0.25, 0.3) is 5.91 Å². The van der Waals surface area contributed by atoms with Crippen LogP contribution in [0, 0.1) is 5.82 Å². The highest BCUT2D eigenvalue weighted by Gasteiger charge is 2.74. The van der Waals surface area contributed by atoms with Gasteiger partial charge < -0.3 is 10.1 Å². The molecule has 1 aromatic heterocycles. The molecule has 3 aromatic rings. The smallest absolute Gasteiger partial charge is 0.251 e. The predicted octanol–water partition coefficient (Wildman–Crippen LogP) is 4.64. The fraction of sp³-hybridized carbons (Fsp3) is 0.333. The van der Waals surface area contributed by atoms with Gasteiger partial charge in [0.1, 0.15) is 17.0 Å². The maximum absolute atomic E-state index is 13.4. The summed E-state index contributed by atoms with van der Waals surface area (Å²) in [5.41, 5.74) is 5.83. The van der Waals surface area contributed by atoms with Crippen molar-refractivity contribution in [3.05, 3.63) is 88.5 Å². The molecular weight excluding hydrogens is 417 g/mol. The summed E-state index contributed by atoms with van der Waals surface area (Å²) in [5.74, 6) is -0.266. The minimum atomic E-state index is -0.252. The molecule has 5 nitrogen and oxygen atoms in total. The Hall–Kier alpha value is -3.25. The van der Waals surface area contributed by atoms with Crippen LogP contribution in [-0.2, 0) is 17.6 Å². The second kappa shape index (κ2) is 7.39. The number of aromatic nitrogens is 2. The zero-order valence-electron chi connectivity index (χ0n) is 18.6. The van der Waals surface area contributed by atoms with Gasteiger partial charge in [-0.2, -0.15) is 5.10 Å². The molecule has 2 aliphatic carbocycles. The number of carbonyl (C=O) groups excluding carboxylic acids is 1. The fourth-order valence-corrected chi connectivity index (χ4v) is 5.79. The third kappa shape index (κ3) is 3.08. The zero-order valence-corrected chi connectivity index (χ0v) is 18.6. The van der Waals surface area contributed by atoms with Crippen LogP contribution in [-0.4, -0.2) is 33.4 Å². The molecule has 168 valence electrons. The van der Waals surface area contributed by atoms with Crippen LogP contribution in [0.3, 0.4) is 0 Å². The molecule has 1 spiro atoms. The number of hydrogen-bond donors (Lipinski definition) is 1. The van der Waals surface area contributed by atoms with Gasteiger partial charge in [0.2, 0.25) is 0 Å². The van der Waals surface area contributed by atoms with Crippen molar-refractivity contribution in [1.82, 2.24) is 15.1 Å². The molecule has 1 N–H and O–H groups in total. The summed E-state index contributed by atoms with van der Waals surface area (Å²) >= 11 is 0. The van der Waals surface area contributed by atoms with Crippen molar-refractivity contribution in [3.8, 4) is 5.69 Å². The van der Waals surface area contributed by atoms with Gasteiger partial charge >= 0.3 is 0 Å². The molecule has 6 heteroatoms. The third-order valence-corrected chi connectivity index (χ3v) is 7.49. The van der Waals surface area contributed by atoms with E-state index >= 15 is 0 Å². The van der Waals surface area contributed by atoms with Gasteiger partial charge in [0.05, 0.1) is 17.6 Å². The average Bonchev–Trinajstić information content (AvgIpc) is 3.09. The molecule has 2 atom stereocenters. The third-order valence-electron chi connectivity index (χ3n) is 7.49. The van der Waals surface area contributed by atoms with E-state index in [-0.39, 0.29) is 22.9 Å². The second-order valence-corrected chi connectivity index (χ2v) is 9.23. The van der Waals surface area contributed by atoms with Crippen molar-refractivity contribution >= 4 is 12.0 Å². The van der Waals surface area contributed by atoms with Gasteiger partial charge in [0, 0.05) is 24.1 Å². The normalized spacial score (nSPS) is 24.5. The Morgan fingerprint density at radius 1 is 1.21 bits per heavy atom. The molecule has 2 fully saturated rings. The first kappa shape index (κ1) is 20.4. The first-order valence-corrected chi connectivity index (χ1v) is 11.7. The van der Waals surface area contributed by atoms with Gasteiger partial charge in [-0.25, -0.2) is 9.07 Å². The molecule has 6 rings (SSSR count). The number of amides is 1. The Morgan fingerprint density at radius 3 is 2.85 bits per heavy atom. The molecule has 0 radical (unpaired) electrons. The molecule has 0 bridgehead atoms. The summed E-state index contributed by atoms with van der Waals surface area (Å²) in [5, 5.41) is 7.50. The van der Waals surface area contributed by atoms with Crippen molar-refractivity contribution in [2.45, 2.75) is 50.2 Å². The number of aryl methyl sites for hydroxylation is 1. The van der Waals surface area contributed by atoms with Crippen LogP contribution in [0.5, 0.6) is 0 Å². The second-order valence-electron chi connectivity index (χ2n) is 9.23. The van der Waals surface area contributed by atoms with E-state index in [9.17, 15) is 9.18 Å². The number of nitrogens with zero attached hydrogens (tertiary/aromatic N) is 2. The Balaban J connectivity index is 1.24. The average molecular weight is 444 g/mol. The standard InChI is InChI=1S/C27H26FN3O2/c1-2-29-25(32)23-6-4-3-5-18(23)11-13-26-14-12-20-15-24-19(16-27(20,26)33-26)17-30-31(24)22-9-7-21(28)8-10-22/h3-10,15,17H,2,11-14,16H2,1H3,(H,29,32). The molecule has 1 saturated carbocycles. The molecule has 1 saturated heterocycles. The summed E-state index contributed by atoms with van der Waals surface area (Å²) in [4.78, 5) is 12.5. The van der Waals surface area contributed by atoms with Gasteiger partial charge in [0.15, 0.2) is 0 Å². The Bertz CT molecular complexity index is 1280. The van der Waals surface area contributed by atoms with E-state index in [1.807, 2.05) is 42.1 Å². The van der Waals surface area contributed by atoms with Crippen LogP contribution in [0.2, 0.25) is 0 Å². The van der Waals surface area contributed by atoms with Crippen LogP contribution in [0.4, 0.5) is 4.39 Å².